The van der Waals surface area contributed by atoms with Gasteiger partial charge in [0.15, 0.2) is 0 Å². The van der Waals surface area contributed by atoms with E-state index in [9.17, 15) is 13.2 Å². The summed E-state index contributed by atoms with van der Waals surface area (Å²) in [7, 11) is -1.81. The quantitative estimate of drug-likeness (QED) is 0.869. The summed E-state index contributed by atoms with van der Waals surface area (Å²) in [6.07, 6.45) is 4.31. The van der Waals surface area contributed by atoms with E-state index in [1.54, 1.807) is 17.8 Å². The molecular formula is C11H16N2O4S. The SMILES string of the molecule is Cn1ccc(S(=O)(=O)N2CCCC(C(=O)O)C2)c1. The summed E-state index contributed by atoms with van der Waals surface area (Å²) in [5.74, 6) is -1.53. The van der Waals surface area contributed by atoms with Crippen molar-refractivity contribution in [1.29, 1.82) is 0 Å². The number of carboxylic acids is 1. The highest BCUT2D eigenvalue weighted by Crippen LogP contribution is 2.23. The number of carbonyl (C=O) groups is 1. The Morgan fingerprint density at radius 2 is 2.22 bits per heavy atom. The molecule has 1 unspecified atom stereocenters. The molecule has 100 valence electrons. The van der Waals surface area contributed by atoms with Crippen LogP contribution in [0.4, 0.5) is 0 Å². The Morgan fingerprint density at radius 1 is 1.50 bits per heavy atom. The zero-order chi connectivity index (χ0) is 13.3. The zero-order valence-corrected chi connectivity index (χ0v) is 10.9. The number of hydrogen-bond donors (Lipinski definition) is 1. The standard InChI is InChI=1S/C11H16N2O4S/c1-12-6-4-10(8-12)18(16,17)13-5-2-3-9(7-13)11(14)15/h4,6,8-9H,2-3,5,7H2,1H3,(H,14,15). The fourth-order valence-corrected chi connectivity index (χ4v) is 3.72. The number of nitrogens with zero attached hydrogens (tertiary/aromatic N) is 2. The second kappa shape index (κ2) is 4.74. The van der Waals surface area contributed by atoms with E-state index in [0.29, 0.717) is 19.4 Å². The number of piperidine rings is 1. The van der Waals surface area contributed by atoms with Gasteiger partial charge in [-0.05, 0) is 18.9 Å². The van der Waals surface area contributed by atoms with Crippen LogP contribution >= 0.6 is 0 Å². The molecular weight excluding hydrogens is 256 g/mol. The Hall–Kier alpha value is -1.34. The van der Waals surface area contributed by atoms with Crippen molar-refractivity contribution >= 4 is 16.0 Å². The topological polar surface area (TPSA) is 79.6 Å². The Morgan fingerprint density at radius 3 is 2.78 bits per heavy atom. The number of rotatable bonds is 3. The van der Waals surface area contributed by atoms with Crippen LogP contribution in [0.3, 0.4) is 0 Å². The van der Waals surface area contributed by atoms with Gasteiger partial charge in [0, 0.05) is 32.5 Å². The van der Waals surface area contributed by atoms with E-state index in [0.717, 1.165) is 0 Å². The van der Waals surface area contributed by atoms with Gasteiger partial charge in [0.05, 0.1) is 10.8 Å². The third kappa shape index (κ3) is 2.41. The second-order valence-electron chi connectivity index (χ2n) is 4.55. The molecule has 0 aromatic carbocycles. The van der Waals surface area contributed by atoms with Crippen molar-refractivity contribution in [2.45, 2.75) is 17.7 Å². The second-order valence-corrected chi connectivity index (χ2v) is 6.49. The normalized spacial score (nSPS) is 21.9. The maximum Gasteiger partial charge on any atom is 0.307 e. The number of sulfonamides is 1. The number of hydrogen-bond acceptors (Lipinski definition) is 3. The van der Waals surface area contributed by atoms with Crippen molar-refractivity contribution in [1.82, 2.24) is 8.87 Å². The van der Waals surface area contributed by atoms with Gasteiger partial charge in [0.2, 0.25) is 10.0 Å². The minimum atomic E-state index is -3.56. The third-order valence-electron chi connectivity index (χ3n) is 3.18. The van der Waals surface area contributed by atoms with Crippen molar-refractivity contribution < 1.29 is 18.3 Å². The predicted molar refractivity (Wildman–Crippen MR) is 64.5 cm³/mol. The van der Waals surface area contributed by atoms with Crippen molar-refractivity contribution in [2.24, 2.45) is 13.0 Å². The van der Waals surface area contributed by atoms with Gasteiger partial charge in [0.25, 0.3) is 0 Å². The van der Waals surface area contributed by atoms with Crippen LogP contribution in [0.25, 0.3) is 0 Å². The van der Waals surface area contributed by atoms with Crippen LogP contribution in [0, 0.1) is 5.92 Å². The molecule has 0 saturated carbocycles. The first kappa shape index (κ1) is 13.1. The largest absolute Gasteiger partial charge is 0.481 e. The van der Waals surface area contributed by atoms with E-state index < -0.39 is 21.9 Å². The van der Waals surface area contributed by atoms with E-state index >= 15 is 0 Å². The molecule has 1 aliphatic heterocycles. The first-order chi connectivity index (χ1) is 8.41. The van der Waals surface area contributed by atoms with Crippen LogP contribution in [0.15, 0.2) is 23.4 Å². The van der Waals surface area contributed by atoms with E-state index in [4.69, 9.17) is 5.11 Å². The number of aryl methyl sites for hydroxylation is 1. The Bertz CT molecular complexity index is 549. The maximum absolute atomic E-state index is 12.3. The summed E-state index contributed by atoms with van der Waals surface area (Å²) in [5, 5.41) is 8.97. The molecule has 0 spiro atoms. The molecule has 1 saturated heterocycles. The fraction of sp³-hybridized carbons (Fsp3) is 0.545. The number of aromatic nitrogens is 1. The van der Waals surface area contributed by atoms with Crippen LogP contribution in [0.1, 0.15) is 12.8 Å². The van der Waals surface area contributed by atoms with Gasteiger partial charge >= 0.3 is 5.97 Å². The highest BCUT2D eigenvalue weighted by Gasteiger charge is 2.33. The van der Waals surface area contributed by atoms with Gasteiger partial charge in [-0.1, -0.05) is 0 Å². The molecule has 1 aliphatic rings. The minimum absolute atomic E-state index is 0.0621. The average Bonchev–Trinajstić information content (AvgIpc) is 2.77. The number of carboxylic acid groups (broad SMARTS) is 1. The summed E-state index contributed by atoms with van der Waals surface area (Å²) in [6.45, 7) is 0.452. The molecule has 2 heterocycles. The fourth-order valence-electron chi connectivity index (χ4n) is 2.14. The van der Waals surface area contributed by atoms with E-state index in [1.807, 2.05) is 0 Å². The molecule has 1 atom stereocenters. The summed E-state index contributed by atoms with van der Waals surface area (Å²) in [5.41, 5.74) is 0. The van der Waals surface area contributed by atoms with E-state index in [1.165, 1.54) is 16.6 Å². The van der Waals surface area contributed by atoms with Crippen molar-refractivity contribution in [3.8, 4) is 0 Å². The van der Waals surface area contributed by atoms with Crippen LogP contribution in [-0.4, -0.2) is 41.5 Å². The highest BCUT2D eigenvalue weighted by atomic mass is 32.2. The highest BCUT2D eigenvalue weighted by molar-refractivity contribution is 7.89. The molecule has 1 fully saturated rings. The molecule has 0 radical (unpaired) electrons. The first-order valence-electron chi connectivity index (χ1n) is 5.76. The third-order valence-corrected chi connectivity index (χ3v) is 5.02. The summed E-state index contributed by atoms with van der Waals surface area (Å²) >= 11 is 0. The van der Waals surface area contributed by atoms with Crippen LogP contribution in [0.2, 0.25) is 0 Å². The predicted octanol–water partition coefficient (Wildman–Crippen LogP) is 0.510. The average molecular weight is 272 g/mol. The van der Waals surface area contributed by atoms with Gasteiger partial charge < -0.3 is 9.67 Å². The molecule has 18 heavy (non-hydrogen) atoms. The monoisotopic (exact) mass is 272 g/mol. The van der Waals surface area contributed by atoms with E-state index in [2.05, 4.69) is 0 Å². The smallest absolute Gasteiger partial charge is 0.307 e. The molecule has 2 rings (SSSR count). The van der Waals surface area contributed by atoms with Crippen LogP contribution in [-0.2, 0) is 21.9 Å². The molecule has 7 heteroatoms. The van der Waals surface area contributed by atoms with Gasteiger partial charge in [-0.25, -0.2) is 8.42 Å². The van der Waals surface area contributed by atoms with Crippen molar-refractivity contribution in [2.75, 3.05) is 13.1 Å². The van der Waals surface area contributed by atoms with Crippen molar-refractivity contribution in [3.05, 3.63) is 18.5 Å². The lowest BCUT2D eigenvalue weighted by Gasteiger charge is -2.29. The molecule has 1 aromatic rings. The minimum Gasteiger partial charge on any atom is -0.481 e. The molecule has 1 N–H and O–H groups in total. The first-order valence-corrected chi connectivity index (χ1v) is 7.20. The Balaban J connectivity index is 2.22. The molecule has 0 amide bonds. The number of aliphatic carboxylic acids is 1. The van der Waals surface area contributed by atoms with Crippen molar-refractivity contribution in [3.63, 3.8) is 0 Å². The van der Waals surface area contributed by atoms with Gasteiger partial charge in [0.1, 0.15) is 0 Å². The molecule has 0 aliphatic carbocycles. The van der Waals surface area contributed by atoms with Gasteiger partial charge in [-0.2, -0.15) is 4.31 Å². The van der Waals surface area contributed by atoms with E-state index in [-0.39, 0.29) is 11.4 Å². The lowest BCUT2D eigenvalue weighted by molar-refractivity contribution is -0.142. The lowest BCUT2D eigenvalue weighted by atomic mass is 10.0. The lowest BCUT2D eigenvalue weighted by Crippen LogP contribution is -2.42. The Kier molecular flexibility index (Phi) is 3.45. The van der Waals surface area contributed by atoms with Gasteiger partial charge in [-0.3, -0.25) is 4.79 Å². The summed E-state index contributed by atoms with van der Waals surface area (Å²) in [4.78, 5) is 11.2. The summed E-state index contributed by atoms with van der Waals surface area (Å²) < 4.78 is 27.5. The Labute approximate surface area is 106 Å². The molecule has 1 aromatic heterocycles. The van der Waals surface area contributed by atoms with Gasteiger partial charge in [-0.15, -0.1) is 0 Å². The molecule has 0 bridgehead atoms. The zero-order valence-electron chi connectivity index (χ0n) is 10.1. The maximum atomic E-state index is 12.3. The van der Waals surface area contributed by atoms with Crippen LogP contribution in [0.5, 0.6) is 0 Å². The summed E-state index contributed by atoms with van der Waals surface area (Å²) in [6, 6.07) is 1.53. The van der Waals surface area contributed by atoms with Crippen LogP contribution < -0.4 is 0 Å². The molecule has 6 nitrogen and oxygen atoms in total.